The van der Waals surface area contributed by atoms with Crippen LogP contribution in [-0.4, -0.2) is 19.8 Å². The van der Waals surface area contributed by atoms with Crippen molar-refractivity contribution < 1.29 is 4.39 Å². The van der Waals surface area contributed by atoms with Gasteiger partial charge in [0.2, 0.25) is 0 Å². The molecule has 0 heterocycles. The molecule has 0 amide bonds. The molecule has 1 nitrogen and oxygen atoms in total. The summed E-state index contributed by atoms with van der Waals surface area (Å²) in [6, 6.07) is 0. The third kappa shape index (κ3) is 2.11. The molecule has 1 N–H and O–H groups in total. The topological polar surface area (TPSA) is 12.0 Å². The Balaban J connectivity index is 0.000000640. The molecule has 0 saturated heterocycles. The SMILES string of the molecule is CNCC1CCC1F.Cl. The maximum absolute atomic E-state index is 12.3. The van der Waals surface area contributed by atoms with Crippen LogP contribution in [0.1, 0.15) is 12.8 Å². The summed E-state index contributed by atoms with van der Waals surface area (Å²) in [4.78, 5) is 0. The Morgan fingerprint density at radius 1 is 1.56 bits per heavy atom. The molecular weight excluding hydrogens is 141 g/mol. The molecule has 1 rings (SSSR count). The maximum atomic E-state index is 12.3. The smallest absolute Gasteiger partial charge is 0.104 e. The first-order valence-electron chi connectivity index (χ1n) is 3.13. The first-order chi connectivity index (χ1) is 3.84. The predicted molar refractivity (Wildman–Crippen MR) is 38.8 cm³/mol. The van der Waals surface area contributed by atoms with Crippen LogP contribution in [0.3, 0.4) is 0 Å². The number of halogens is 2. The van der Waals surface area contributed by atoms with Gasteiger partial charge in [0, 0.05) is 12.5 Å². The predicted octanol–water partition coefficient (Wildman–Crippen LogP) is 1.38. The van der Waals surface area contributed by atoms with E-state index < -0.39 is 6.17 Å². The Kier molecular flexibility index (Phi) is 4.15. The Bertz CT molecular complexity index is 79.5. The van der Waals surface area contributed by atoms with Crippen LogP contribution in [-0.2, 0) is 0 Å². The van der Waals surface area contributed by atoms with Gasteiger partial charge in [0.05, 0.1) is 0 Å². The van der Waals surface area contributed by atoms with Crippen molar-refractivity contribution in [1.29, 1.82) is 0 Å². The minimum Gasteiger partial charge on any atom is -0.319 e. The van der Waals surface area contributed by atoms with Gasteiger partial charge in [-0.1, -0.05) is 0 Å². The first-order valence-corrected chi connectivity index (χ1v) is 3.13. The molecule has 56 valence electrons. The second kappa shape index (κ2) is 4.07. The normalized spacial score (nSPS) is 32.7. The van der Waals surface area contributed by atoms with E-state index in [1.807, 2.05) is 7.05 Å². The zero-order valence-electron chi connectivity index (χ0n) is 5.56. The molecule has 2 unspecified atom stereocenters. The van der Waals surface area contributed by atoms with Gasteiger partial charge in [-0.25, -0.2) is 4.39 Å². The van der Waals surface area contributed by atoms with Crippen LogP contribution in [0.5, 0.6) is 0 Å². The van der Waals surface area contributed by atoms with Crippen LogP contribution in [0.4, 0.5) is 4.39 Å². The lowest BCUT2D eigenvalue weighted by molar-refractivity contribution is 0.113. The average Bonchev–Trinajstić information content (AvgIpc) is 1.79. The summed E-state index contributed by atoms with van der Waals surface area (Å²) in [5, 5.41) is 2.96. The van der Waals surface area contributed by atoms with E-state index in [0.29, 0.717) is 5.92 Å². The van der Waals surface area contributed by atoms with Crippen LogP contribution < -0.4 is 5.32 Å². The molecule has 0 bridgehead atoms. The maximum Gasteiger partial charge on any atom is 0.104 e. The first kappa shape index (κ1) is 9.18. The molecule has 2 atom stereocenters. The molecule has 0 aromatic rings. The van der Waals surface area contributed by atoms with E-state index in [4.69, 9.17) is 0 Å². The molecule has 9 heavy (non-hydrogen) atoms. The van der Waals surface area contributed by atoms with Gasteiger partial charge in [-0.15, -0.1) is 12.4 Å². The van der Waals surface area contributed by atoms with Crippen molar-refractivity contribution in [1.82, 2.24) is 5.32 Å². The van der Waals surface area contributed by atoms with Gasteiger partial charge >= 0.3 is 0 Å². The highest BCUT2D eigenvalue weighted by Crippen LogP contribution is 2.29. The zero-order chi connectivity index (χ0) is 5.98. The molecule has 0 aromatic carbocycles. The largest absolute Gasteiger partial charge is 0.319 e. The summed E-state index contributed by atoms with van der Waals surface area (Å²) in [7, 11) is 1.87. The van der Waals surface area contributed by atoms with Crippen molar-refractivity contribution in [2.24, 2.45) is 5.92 Å². The van der Waals surface area contributed by atoms with Gasteiger partial charge in [0.1, 0.15) is 6.17 Å². The van der Waals surface area contributed by atoms with E-state index >= 15 is 0 Å². The monoisotopic (exact) mass is 153 g/mol. The van der Waals surface area contributed by atoms with E-state index in [1.165, 1.54) is 0 Å². The molecule has 1 fully saturated rings. The zero-order valence-corrected chi connectivity index (χ0v) is 6.38. The van der Waals surface area contributed by atoms with E-state index in [1.54, 1.807) is 0 Å². The lowest BCUT2D eigenvalue weighted by Gasteiger charge is -2.29. The average molecular weight is 154 g/mol. The van der Waals surface area contributed by atoms with E-state index in [-0.39, 0.29) is 12.4 Å². The minimum absolute atomic E-state index is 0. The third-order valence-corrected chi connectivity index (χ3v) is 1.79. The van der Waals surface area contributed by atoms with Crippen LogP contribution in [0.25, 0.3) is 0 Å². The number of hydrogen-bond donors (Lipinski definition) is 1. The summed E-state index contributed by atoms with van der Waals surface area (Å²) in [6.45, 7) is 0.848. The fraction of sp³-hybridized carbons (Fsp3) is 1.00. The van der Waals surface area contributed by atoms with E-state index in [0.717, 1.165) is 19.4 Å². The Labute approximate surface area is 61.4 Å². The van der Waals surface area contributed by atoms with Gasteiger partial charge in [0.15, 0.2) is 0 Å². The summed E-state index contributed by atoms with van der Waals surface area (Å²) in [6.07, 6.45) is 1.34. The second-order valence-corrected chi connectivity index (χ2v) is 2.41. The number of rotatable bonds is 2. The fourth-order valence-electron chi connectivity index (χ4n) is 1.02. The summed E-state index contributed by atoms with van der Waals surface area (Å²) < 4.78 is 12.3. The molecule has 0 aromatic heterocycles. The Hall–Kier alpha value is 0.180. The highest BCUT2D eigenvalue weighted by molar-refractivity contribution is 5.85. The summed E-state index contributed by atoms with van der Waals surface area (Å²) in [5.74, 6) is 0.319. The van der Waals surface area contributed by atoms with Crippen LogP contribution in [0, 0.1) is 5.92 Å². The van der Waals surface area contributed by atoms with E-state index in [2.05, 4.69) is 5.32 Å². The van der Waals surface area contributed by atoms with Crippen molar-refractivity contribution in [3.8, 4) is 0 Å². The van der Waals surface area contributed by atoms with Gasteiger partial charge in [-0.05, 0) is 19.9 Å². The highest BCUT2D eigenvalue weighted by atomic mass is 35.5. The summed E-state index contributed by atoms with van der Waals surface area (Å²) >= 11 is 0. The number of hydrogen-bond acceptors (Lipinski definition) is 1. The van der Waals surface area contributed by atoms with Gasteiger partial charge in [0.25, 0.3) is 0 Å². The molecular formula is C6H13ClFN. The second-order valence-electron chi connectivity index (χ2n) is 2.41. The van der Waals surface area contributed by atoms with Crippen LogP contribution in [0.2, 0.25) is 0 Å². The number of nitrogens with one attached hydrogen (secondary N) is 1. The molecule has 0 spiro atoms. The number of alkyl halides is 1. The quantitative estimate of drug-likeness (QED) is 0.632. The molecule has 1 aliphatic rings. The third-order valence-electron chi connectivity index (χ3n) is 1.79. The Morgan fingerprint density at radius 3 is 2.33 bits per heavy atom. The van der Waals surface area contributed by atoms with Gasteiger partial charge in [-0.3, -0.25) is 0 Å². The minimum atomic E-state index is -0.512. The van der Waals surface area contributed by atoms with Gasteiger partial charge < -0.3 is 5.32 Å². The molecule has 0 radical (unpaired) electrons. The van der Waals surface area contributed by atoms with Crippen molar-refractivity contribution >= 4 is 12.4 Å². The molecule has 0 aliphatic heterocycles. The fourth-order valence-corrected chi connectivity index (χ4v) is 1.02. The molecule has 1 aliphatic carbocycles. The standard InChI is InChI=1S/C6H12FN.ClH/c1-8-4-5-2-3-6(5)7;/h5-6,8H,2-4H2,1H3;1H. The highest BCUT2D eigenvalue weighted by Gasteiger charge is 2.29. The molecule has 1 saturated carbocycles. The van der Waals surface area contributed by atoms with Crippen LogP contribution in [0.15, 0.2) is 0 Å². The van der Waals surface area contributed by atoms with Crippen molar-refractivity contribution in [3.05, 3.63) is 0 Å². The van der Waals surface area contributed by atoms with Crippen molar-refractivity contribution in [2.75, 3.05) is 13.6 Å². The van der Waals surface area contributed by atoms with E-state index in [9.17, 15) is 4.39 Å². The summed E-state index contributed by atoms with van der Waals surface area (Å²) in [5.41, 5.74) is 0. The van der Waals surface area contributed by atoms with Crippen molar-refractivity contribution in [3.63, 3.8) is 0 Å². The van der Waals surface area contributed by atoms with Crippen LogP contribution >= 0.6 is 12.4 Å². The lowest BCUT2D eigenvalue weighted by Crippen LogP contribution is -2.35. The Morgan fingerprint density at radius 2 is 2.22 bits per heavy atom. The lowest BCUT2D eigenvalue weighted by atomic mass is 9.83. The van der Waals surface area contributed by atoms with Gasteiger partial charge in [-0.2, -0.15) is 0 Å². The molecule has 3 heteroatoms. The van der Waals surface area contributed by atoms with Crippen molar-refractivity contribution in [2.45, 2.75) is 19.0 Å².